The molecular formula is C14H10F3NO. The summed E-state index contributed by atoms with van der Waals surface area (Å²) in [5.41, 5.74) is -2.84. The highest BCUT2D eigenvalue weighted by atomic mass is 19.4. The van der Waals surface area contributed by atoms with Gasteiger partial charge in [0, 0.05) is 5.56 Å². The summed E-state index contributed by atoms with van der Waals surface area (Å²) >= 11 is 0. The molecule has 1 aromatic carbocycles. The van der Waals surface area contributed by atoms with Crippen LogP contribution in [0.4, 0.5) is 13.2 Å². The molecule has 1 aromatic rings. The second-order valence-corrected chi connectivity index (χ2v) is 4.27. The van der Waals surface area contributed by atoms with E-state index in [2.05, 4.69) is 0 Å². The van der Waals surface area contributed by atoms with E-state index in [4.69, 9.17) is 0 Å². The summed E-state index contributed by atoms with van der Waals surface area (Å²) in [6.07, 6.45) is 1.64. The Balaban J connectivity index is 2.72. The van der Waals surface area contributed by atoms with Gasteiger partial charge in [0.05, 0.1) is 11.6 Å². The Morgan fingerprint density at radius 2 is 2.00 bits per heavy atom. The molecule has 0 spiro atoms. The maximum absolute atomic E-state index is 13.0. The first-order chi connectivity index (χ1) is 8.91. The number of halogens is 3. The van der Waals surface area contributed by atoms with Gasteiger partial charge in [-0.3, -0.25) is 0 Å². The molecule has 0 radical (unpaired) electrons. The molecule has 2 rings (SSSR count). The topological polar surface area (TPSA) is 44.0 Å². The fraction of sp³-hybridized carbons (Fsp3) is 0.214. The summed E-state index contributed by atoms with van der Waals surface area (Å²) in [5, 5.41) is 19.1. The molecule has 1 unspecified atom stereocenters. The Kier molecular flexibility index (Phi) is 3.11. The van der Waals surface area contributed by atoms with Crippen molar-refractivity contribution in [2.45, 2.75) is 18.0 Å². The highest BCUT2D eigenvalue weighted by Gasteiger charge is 2.42. The van der Waals surface area contributed by atoms with Gasteiger partial charge in [0.15, 0.2) is 0 Å². The van der Waals surface area contributed by atoms with Gasteiger partial charge in [-0.2, -0.15) is 18.4 Å². The number of hydrogen-bond acceptors (Lipinski definition) is 2. The Morgan fingerprint density at radius 1 is 1.26 bits per heavy atom. The maximum atomic E-state index is 13.0. The number of allylic oxidation sites excluding steroid dienone is 4. The smallest absolute Gasteiger partial charge is 0.416 e. The van der Waals surface area contributed by atoms with Crippen LogP contribution in [0, 0.1) is 11.3 Å². The highest BCUT2D eigenvalue weighted by Crippen LogP contribution is 2.44. The summed E-state index contributed by atoms with van der Waals surface area (Å²) in [7, 11) is 0. The van der Waals surface area contributed by atoms with E-state index in [-0.39, 0.29) is 12.0 Å². The summed E-state index contributed by atoms with van der Waals surface area (Å²) in [6.45, 7) is 0. The molecule has 0 aromatic heterocycles. The van der Waals surface area contributed by atoms with Gasteiger partial charge in [0.25, 0.3) is 0 Å². The van der Waals surface area contributed by atoms with Crippen molar-refractivity contribution in [3.8, 4) is 11.8 Å². The van der Waals surface area contributed by atoms with Gasteiger partial charge >= 0.3 is 6.18 Å². The van der Waals surface area contributed by atoms with E-state index < -0.39 is 22.9 Å². The second-order valence-electron chi connectivity index (χ2n) is 4.27. The van der Waals surface area contributed by atoms with E-state index in [9.17, 15) is 23.5 Å². The van der Waals surface area contributed by atoms with E-state index in [0.29, 0.717) is 0 Å². The van der Waals surface area contributed by atoms with Gasteiger partial charge < -0.3 is 5.11 Å². The molecule has 1 aliphatic carbocycles. The largest absolute Gasteiger partial charge is 0.508 e. The van der Waals surface area contributed by atoms with Crippen LogP contribution in [0.2, 0.25) is 0 Å². The van der Waals surface area contributed by atoms with Gasteiger partial charge in [0.2, 0.25) is 0 Å². The molecule has 0 saturated carbocycles. The van der Waals surface area contributed by atoms with E-state index in [1.807, 2.05) is 6.07 Å². The zero-order valence-corrected chi connectivity index (χ0v) is 9.78. The minimum Gasteiger partial charge on any atom is -0.508 e. The molecule has 0 heterocycles. The van der Waals surface area contributed by atoms with E-state index in [0.717, 1.165) is 18.2 Å². The van der Waals surface area contributed by atoms with Crippen LogP contribution in [0.25, 0.3) is 0 Å². The molecule has 0 aliphatic heterocycles. The van der Waals surface area contributed by atoms with Crippen molar-refractivity contribution in [1.82, 2.24) is 0 Å². The Labute approximate surface area is 108 Å². The van der Waals surface area contributed by atoms with Crippen molar-refractivity contribution in [2.24, 2.45) is 0 Å². The number of rotatable bonds is 1. The van der Waals surface area contributed by atoms with Crippen molar-refractivity contribution in [1.29, 1.82) is 5.26 Å². The van der Waals surface area contributed by atoms with Crippen LogP contribution in [0.1, 0.15) is 17.5 Å². The third-order valence-electron chi connectivity index (χ3n) is 3.06. The number of hydrogen-bond donors (Lipinski definition) is 1. The van der Waals surface area contributed by atoms with Crippen LogP contribution >= 0.6 is 0 Å². The number of nitrogens with zero attached hydrogens (tertiary/aromatic N) is 1. The lowest BCUT2D eigenvalue weighted by atomic mass is 9.74. The Morgan fingerprint density at radius 3 is 2.53 bits per heavy atom. The summed E-state index contributed by atoms with van der Waals surface area (Å²) < 4.78 is 39.1. The molecule has 1 aliphatic rings. The minimum atomic E-state index is -4.62. The van der Waals surface area contributed by atoms with E-state index >= 15 is 0 Å². The first kappa shape index (κ1) is 13.2. The number of benzene rings is 1. The maximum Gasteiger partial charge on any atom is 0.416 e. The fourth-order valence-corrected chi connectivity index (χ4v) is 2.19. The Hall–Kier alpha value is -2.22. The summed E-state index contributed by atoms with van der Waals surface area (Å²) in [6, 6.07) is 5.05. The lowest BCUT2D eigenvalue weighted by Gasteiger charge is -2.27. The van der Waals surface area contributed by atoms with Crippen LogP contribution in [-0.2, 0) is 11.6 Å². The van der Waals surface area contributed by atoms with Crippen molar-refractivity contribution >= 4 is 0 Å². The van der Waals surface area contributed by atoms with Crippen LogP contribution in [0.15, 0.2) is 42.5 Å². The van der Waals surface area contributed by atoms with Crippen LogP contribution < -0.4 is 0 Å². The predicted molar refractivity (Wildman–Crippen MR) is 63.3 cm³/mol. The summed E-state index contributed by atoms with van der Waals surface area (Å²) in [4.78, 5) is 0. The molecular weight excluding hydrogens is 255 g/mol. The number of aromatic hydroxyl groups is 1. The standard InChI is InChI=1S/C14H10F3NO/c15-14(16,17)10-5-4-6-11(19)12(10)13(9-18)7-2-1-3-8-13/h1-7,19H,8H2. The van der Waals surface area contributed by atoms with Crippen molar-refractivity contribution in [3.63, 3.8) is 0 Å². The lowest BCUT2D eigenvalue weighted by molar-refractivity contribution is -0.138. The number of phenols is 1. The molecule has 0 saturated heterocycles. The number of phenolic OH excluding ortho intramolecular Hbond substituents is 1. The van der Waals surface area contributed by atoms with Crippen molar-refractivity contribution in [2.75, 3.05) is 0 Å². The third kappa shape index (κ3) is 2.22. The van der Waals surface area contributed by atoms with Gasteiger partial charge in [0.1, 0.15) is 11.2 Å². The van der Waals surface area contributed by atoms with Crippen molar-refractivity contribution in [3.05, 3.63) is 53.6 Å². The highest BCUT2D eigenvalue weighted by molar-refractivity contribution is 5.54. The number of nitriles is 1. The molecule has 1 N–H and O–H groups in total. The first-order valence-electron chi connectivity index (χ1n) is 5.56. The number of alkyl halides is 3. The summed E-state index contributed by atoms with van der Waals surface area (Å²) in [5.74, 6) is -0.517. The van der Waals surface area contributed by atoms with E-state index in [1.165, 1.54) is 12.2 Å². The van der Waals surface area contributed by atoms with Crippen LogP contribution in [0.3, 0.4) is 0 Å². The SMILES string of the molecule is N#CC1(c2c(O)cccc2C(F)(F)F)C=CC=CC1. The molecule has 1 atom stereocenters. The molecule has 2 nitrogen and oxygen atoms in total. The van der Waals surface area contributed by atoms with Gasteiger partial charge in [-0.25, -0.2) is 0 Å². The minimum absolute atomic E-state index is 0.0979. The average molecular weight is 265 g/mol. The zero-order chi connectivity index (χ0) is 14.1. The van der Waals surface area contributed by atoms with E-state index in [1.54, 1.807) is 12.2 Å². The van der Waals surface area contributed by atoms with Crippen LogP contribution in [0.5, 0.6) is 5.75 Å². The van der Waals surface area contributed by atoms with Gasteiger partial charge in [-0.15, -0.1) is 0 Å². The first-order valence-corrected chi connectivity index (χ1v) is 5.56. The normalized spacial score (nSPS) is 22.2. The van der Waals surface area contributed by atoms with Gasteiger partial charge in [-0.05, 0) is 18.6 Å². The molecule has 98 valence electrons. The predicted octanol–water partition coefficient (Wildman–Crippen LogP) is 3.69. The molecule has 5 heteroatoms. The molecule has 0 fully saturated rings. The quantitative estimate of drug-likeness (QED) is 0.841. The fourth-order valence-electron chi connectivity index (χ4n) is 2.19. The third-order valence-corrected chi connectivity index (χ3v) is 3.06. The monoisotopic (exact) mass is 265 g/mol. The second kappa shape index (κ2) is 4.47. The van der Waals surface area contributed by atoms with Crippen molar-refractivity contribution < 1.29 is 18.3 Å². The van der Waals surface area contributed by atoms with Gasteiger partial charge in [-0.1, -0.05) is 30.4 Å². The molecule has 19 heavy (non-hydrogen) atoms. The average Bonchev–Trinajstić information content (AvgIpc) is 2.38. The molecule has 0 bridgehead atoms. The zero-order valence-electron chi connectivity index (χ0n) is 9.78. The lowest BCUT2D eigenvalue weighted by Crippen LogP contribution is -2.26. The van der Waals surface area contributed by atoms with Crippen LogP contribution in [-0.4, -0.2) is 5.11 Å². The molecule has 0 amide bonds. The Bertz CT molecular complexity index is 596.